The van der Waals surface area contributed by atoms with E-state index in [0.29, 0.717) is 22.0 Å². The van der Waals surface area contributed by atoms with Gasteiger partial charge >= 0.3 is 0 Å². The number of carbonyl (C=O) groups is 1. The SMILES string of the molecule is Cc1ccc(-c2nn3ccn(CC(=O)Nc4cc(Cl)ccc4C)c(=O)c3c2CO)cc1. The number of carbonyl (C=O) groups excluding carboxylic acids is 1. The minimum Gasteiger partial charge on any atom is -0.392 e. The van der Waals surface area contributed by atoms with Gasteiger partial charge in [-0.25, -0.2) is 4.52 Å². The average molecular weight is 437 g/mol. The van der Waals surface area contributed by atoms with Crippen molar-refractivity contribution in [3.05, 3.63) is 86.9 Å². The molecule has 0 saturated carbocycles. The number of anilines is 1. The Labute approximate surface area is 183 Å². The van der Waals surface area contributed by atoms with Crippen LogP contribution >= 0.6 is 11.6 Å². The van der Waals surface area contributed by atoms with Crippen LogP contribution in [-0.4, -0.2) is 25.2 Å². The molecule has 8 heteroatoms. The molecule has 2 aromatic carbocycles. The fourth-order valence-electron chi connectivity index (χ4n) is 3.44. The van der Waals surface area contributed by atoms with Crippen LogP contribution in [0.1, 0.15) is 16.7 Å². The van der Waals surface area contributed by atoms with Crippen molar-refractivity contribution >= 4 is 28.7 Å². The van der Waals surface area contributed by atoms with Crippen LogP contribution in [0.15, 0.2) is 59.7 Å². The smallest absolute Gasteiger partial charge is 0.277 e. The van der Waals surface area contributed by atoms with Crippen molar-refractivity contribution in [2.24, 2.45) is 0 Å². The van der Waals surface area contributed by atoms with Crippen molar-refractivity contribution in [1.82, 2.24) is 14.2 Å². The Morgan fingerprint density at radius 2 is 1.87 bits per heavy atom. The zero-order chi connectivity index (χ0) is 22.1. The summed E-state index contributed by atoms with van der Waals surface area (Å²) in [4.78, 5) is 25.7. The van der Waals surface area contributed by atoms with E-state index in [2.05, 4.69) is 10.4 Å². The summed E-state index contributed by atoms with van der Waals surface area (Å²) in [6.07, 6.45) is 3.11. The summed E-state index contributed by atoms with van der Waals surface area (Å²) in [5.41, 5.74) is 4.16. The Balaban J connectivity index is 1.69. The maximum absolute atomic E-state index is 13.1. The Kier molecular flexibility index (Phi) is 5.63. The Morgan fingerprint density at radius 1 is 1.13 bits per heavy atom. The predicted octanol–water partition coefficient (Wildman–Crippen LogP) is 3.56. The van der Waals surface area contributed by atoms with E-state index in [1.165, 1.54) is 15.3 Å². The largest absolute Gasteiger partial charge is 0.392 e. The second kappa shape index (κ2) is 8.37. The Bertz CT molecular complexity index is 1340. The van der Waals surface area contributed by atoms with E-state index in [-0.39, 0.29) is 24.6 Å². The summed E-state index contributed by atoms with van der Waals surface area (Å²) in [6, 6.07) is 12.9. The molecule has 7 nitrogen and oxygen atoms in total. The van der Waals surface area contributed by atoms with Crippen LogP contribution in [0, 0.1) is 13.8 Å². The molecule has 158 valence electrons. The highest BCUT2D eigenvalue weighted by Crippen LogP contribution is 2.25. The molecule has 4 rings (SSSR count). The lowest BCUT2D eigenvalue weighted by atomic mass is 10.1. The van der Waals surface area contributed by atoms with Crippen molar-refractivity contribution < 1.29 is 9.90 Å². The molecule has 31 heavy (non-hydrogen) atoms. The highest BCUT2D eigenvalue weighted by molar-refractivity contribution is 6.31. The molecular weight excluding hydrogens is 416 g/mol. The predicted molar refractivity (Wildman–Crippen MR) is 120 cm³/mol. The number of fused-ring (bicyclic) bond motifs is 1. The molecule has 0 aliphatic rings. The maximum atomic E-state index is 13.1. The number of nitrogens with one attached hydrogen (secondary N) is 1. The van der Waals surface area contributed by atoms with Gasteiger partial charge in [0.15, 0.2) is 0 Å². The van der Waals surface area contributed by atoms with Crippen LogP contribution in [-0.2, 0) is 17.9 Å². The van der Waals surface area contributed by atoms with Gasteiger partial charge in [0.05, 0.1) is 12.3 Å². The van der Waals surface area contributed by atoms with Gasteiger partial charge in [0, 0.05) is 34.2 Å². The molecule has 2 aromatic heterocycles. The van der Waals surface area contributed by atoms with Crippen molar-refractivity contribution in [2.75, 3.05) is 5.32 Å². The number of aliphatic hydroxyl groups excluding tert-OH is 1. The summed E-state index contributed by atoms with van der Waals surface area (Å²) in [6.45, 7) is 3.31. The lowest BCUT2D eigenvalue weighted by Crippen LogP contribution is -2.28. The zero-order valence-corrected chi connectivity index (χ0v) is 17.8. The molecule has 0 fully saturated rings. The molecule has 4 aromatic rings. The highest BCUT2D eigenvalue weighted by Gasteiger charge is 2.18. The summed E-state index contributed by atoms with van der Waals surface area (Å²) >= 11 is 6.01. The summed E-state index contributed by atoms with van der Waals surface area (Å²) in [5, 5.41) is 17.8. The van der Waals surface area contributed by atoms with Crippen molar-refractivity contribution in [3.63, 3.8) is 0 Å². The number of halogens is 1. The topological polar surface area (TPSA) is 88.6 Å². The number of aromatic nitrogens is 3. The number of hydrogen-bond donors (Lipinski definition) is 2. The molecule has 0 saturated heterocycles. The first-order valence-corrected chi connectivity index (χ1v) is 10.1. The van der Waals surface area contributed by atoms with E-state index in [1.807, 2.05) is 44.2 Å². The van der Waals surface area contributed by atoms with E-state index >= 15 is 0 Å². The molecular formula is C23H21ClN4O3. The first-order valence-electron chi connectivity index (χ1n) is 9.72. The molecule has 0 unspecified atom stereocenters. The lowest BCUT2D eigenvalue weighted by Gasteiger charge is -2.10. The van der Waals surface area contributed by atoms with E-state index in [1.54, 1.807) is 18.3 Å². The number of aryl methyl sites for hydroxylation is 2. The quantitative estimate of drug-likeness (QED) is 0.500. The molecule has 0 spiro atoms. The van der Waals surface area contributed by atoms with Gasteiger partial charge in [0.2, 0.25) is 5.91 Å². The van der Waals surface area contributed by atoms with E-state index < -0.39 is 5.56 Å². The second-order valence-electron chi connectivity index (χ2n) is 7.38. The van der Waals surface area contributed by atoms with Crippen LogP contribution < -0.4 is 10.9 Å². The summed E-state index contributed by atoms with van der Waals surface area (Å²) in [7, 11) is 0. The van der Waals surface area contributed by atoms with Gasteiger partial charge in [-0.05, 0) is 31.5 Å². The third-order valence-corrected chi connectivity index (χ3v) is 5.37. The van der Waals surface area contributed by atoms with Gasteiger partial charge in [-0.1, -0.05) is 47.5 Å². The number of rotatable bonds is 5. The van der Waals surface area contributed by atoms with Crippen LogP contribution in [0.2, 0.25) is 5.02 Å². The van der Waals surface area contributed by atoms with Crippen LogP contribution in [0.3, 0.4) is 0 Å². The van der Waals surface area contributed by atoms with Gasteiger partial charge < -0.3 is 15.0 Å². The Hall–Kier alpha value is -3.42. The number of hydrogen-bond acceptors (Lipinski definition) is 4. The van der Waals surface area contributed by atoms with Gasteiger partial charge in [-0.3, -0.25) is 9.59 Å². The van der Waals surface area contributed by atoms with Crippen molar-refractivity contribution in [3.8, 4) is 11.3 Å². The van der Waals surface area contributed by atoms with Gasteiger partial charge in [0.1, 0.15) is 12.1 Å². The van der Waals surface area contributed by atoms with E-state index in [0.717, 1.165) is 16.7 Å². The minimum absolute atomic E-state index is 0.183. The standard InChI is InChI=1S/C23H21ClN4O3/c1-14-3-6-16(7-4-14)21-18(13-29)22-23(31)27(9-10-28(22)26-21)12-20(30)25-19-11-17(24)8-5-15(19)2/h3-11,29H,12-13H2,1-2H3,(H,25,30). The molecule has 2 N–H and O–H groups in total. The molecule has 2 heterocycles. The average Bonchev–Trinajstić information content (AvgIpc) is 3.12. The van der Waals surface area contributed by atoms with Gasteiger partial charge in [-0.15, -0.1) is 0 Å². The first kappa shape index (κ1) is 20.8. The van der Waals surface area contributed by atoms with E-state index in [9.17, 15) is 14.7 Å². The minimum atomic E-state index is -0.407. The van der Waals surface area contributed by atoms with Crippen molar-refractivity contribution in [1.29, 1.82) is 0 Å². The number of amides is 1. The second-order valence-corrected chi connectivity index (χ2v) is 7.82. The normalized spacial score (nSPS) is 11.1. The third kappa shape index (κ3) is 4.10. The molecule has 0 atom stereocenters. The summed E-state index contributed by atoms with van der Waals surface area (Å²) in [5.74, 6) is -0.361. The summed E-state index contributed by atoms with van der Waals surface area (Å²) < 4.78 is 2.74. The molecule has 0 aliphatic carbocycles. The van der Waals surface area contributed by atoms with Crippen molar-refractivity contribution in [2.45, 2.75) is 27.0 Å². The van der Waals surface area contributed by atoms with Gasteiger partial charge in [0.25, 0.3) is 5.56 Å². The molecule has 0 radical (unpaired) electrons. The van der Waals surface area contributed by atoms with Crippen LogP contribution in [0.25, 0.3) is 16.8 Å². The first-order chi connectivity index (χ1) is 14.9. The third-order valence-electron chi connectivity index (χ3n) is 5.13. The lowest BCUT2D eigenvalue weighted by molar-refractivity contribution is -0.116. The number of nitrogens with zero attached hydrogens (tertiary/aromatic N) is 3. The van der Waals surface area contributed by atoms with Crippen LogP contribution in [0.4, 0.5) is 5.69 Å². The zero-order valence-electron chi connectivity index (χ0n) is 17.1. The Morgan fingerprint density at radius 3 is 2.58 bits per heavy atom. The molecule has 1 amide bonds. The fraction of sp³-hybridized carbons (Fsp3) is 0.174. The van der Waals surface area contributed by atoms with E-state index in [4.69, 9.17) is 11.6 Å². The number of aliphatic hydroxyl groups is 1. The highest BCUT2D eigenvalue weighted by atomic mass is 35.5. The monoisotopic (exact) mass is 436 g/mol. The van der Waals surface area contributed by atoms with Gasteiger partial charge in [-0.2, -0.15) is 5.10 Å². The maximum Gasteiger partial charge on any atom is 0.277 e. The molecule has 0 aliphatic heterocycles. The van der Waals surface area contributed by atoms with Crippen LogP contribution in [0.5, 0.6) is 0 Å². The molecule has 0 bridgehead atoms. The fourth-order valence-corrected chi connectivity index (χ4v) is 3.61. The number of benzene rings is 2.